The second-order valence-electron chi connectivity index (χ2n) is 3.80. The third kappa shape index (κ3) is 8.01. The average molecular weight is 201 g/mol. The predicted octanol–water partition coefficient (Wildman–Crippen LogP) is 0.0523. The van der Waals surface area contributed by atoms with Gasteiger partial charge in [0, 0.05) is 25.7 Å². The topological polar surface area (TPSA) is 44.4 Å². The summed E-state index contributed by atoms with van der Waals surface area (Å²) in [6.07, 6.45) is 0. The van der Waals surface area contributed by atoms with Crippen LogP contribution in [0.15, 0.2) is 0 Å². The normalized spacial score (nSPS) is 11.0. The number of nitrogens with one attached hydrogen (secondary N) is 2. The first kappa shape index (κ1) is 13.4. The Morgan fingerprint density at radius 1 is 1.43 bits per heavy atom. The molecule has 4 heteroatoms. The minimum Gasteiger partial charge on any atom is -0.355 e. The summed E-state index contributed by atoms with van der Waals surface area (Å²) >= 11 is 0. The van der Waals surface area contributed by atoms with E-state index in [0.29, 0.717) is 19.1 Å². The third-order valence-corrected chi connectivity index (χ3v) is 1.83. The van der Waals surface area contributed by atoms with Gasteiger partial charge in [0.05, 0.1) is 6.54 Å². The van der Waals surface area contributed by atoms with E-state index in [0.717, 1.165) is 13.1 Å². The maximum absolute atomic E-state index is 11.2. The first-order valence-corrected chi connectivity index (χ1v) is 5.24. The molecular formula is C10H23N3O. The molecule has 0 aromatic heterocycles. The molecule has 14 heavy (non-hydrogen) atoms. The Morgan fingerprint density at radius 3 is 2.57 bits per heavy atom. The van der Waals surface area contributed by atoms with Crippen molar-refractivity contribution in [2.24, 2.45) is 0 Å². The molecule has 0 saturated carbocycles. The van der Waals surface area contributed by atoms with E-state index >= 15 is 0 Å². The molecule has 0 atom stereocenters. The van der Waals surface area contributed by atoms with Gasteiger partial charge in [0.2, 0.25) is 5.91 Å². The van der Waals surface area contributed by atoms with Crippen LogP contribution in [0.25, 0.3) is 0 Å². The van der Waals surface area contributed by atoms with Gasteiger partial charge in [-0.1, -0.05) is 13.8 Å². The van der Waals surface area contributed by atoms with E-state index in [1.807, 2.05) is 18.9 Å². The number of carbonyl (C=O) groups is 1. The first-order valence-electron chi connectivity index (χ1n) is 5.24. The van der Waals surface area contributed by atoms with Crippen molar-refractivity contribution >= 4 is 5.91 Å². The Hall–Kier alpha value is -0.610. The zero-order valence-corrected chi connectivity index (χ0v) is 9.76. The van der Waals surface area contributed by atoms with Crippen molar-refractivity contribution in [1.29, 1.82) is 0 Å². The molecule has 0 aliphatic heterocycles. The van der Waals surface area contributed by atoms with Crippen LogP contribution in [-0.4, -0.2) is 50.1 Å². The van der Waals surface area contributed by atoms with Crippen LogP contribution in [0.2, 0.25) is 0 Å². The van der Waals surface area contributed by atoms with Crippen LogP contribution < -0.4 is 10.6 Å². The fourth-order valence-corrected chi connectivity index (χ4v) is 1.12. The van der Waals surface area contributed by atoms with E-state index in [1.165, 1.54) is 0 Å². The molecular weight excluding hydrogens is 178 g/mol. The van der Waals surface area contributed by atoms with Crippen molar-refractivity contribution in [1.82, 2.24) is 15.5 Å². The lowest BCUT2D eigenvalue weighted by Gasteiger charge is -2.17. The van der Waals surface area contributed by atoms with Crippen molar-refractivity contribution in [3.05, 3.63) is 0 Å². The second-order valence-corrected chi connectivity index (χ2v) is 3.80. The van der Waals surface area contributed by atoms with Gasteiger partial charge in [0.15, 0.2) is 0 Å². The summed E-state index contributed by atoms with van der Waals surface area (Å²) in [5, 5.41) is 6.08. The van der Waals surface area contributed by atoms with Crippen LogP contribution in [0.4, 0.5) is 0 Å². The van der Waals surface area contributed by atoms with Crippen molar-refractivity contribution in [3.8, 4) is 0 Å². The Balaban J connectivity index is 3.44. The number of hydrogen-bond donors (Lipinski definition) is 2. The van der Waals surface area contributed by atoms with E-state index in [9.17, 15) is 4.79 Å². The van der Waals surface area contributed by atoms with Crippen molar-refractivity contribution in [2.45, 2.75) is 26.8 Å². The van der Waals surface area contributed by atoms with Gasteiger partial charge in [0.1, 0.15) is 0 Å². The summed E-state index contributed by atoms with van der Waals surface area (Å²) in [6.45, 7) is 9.17. The molecule has 84 valence electrons. The molecule has 0 unspecified atom stereocenters. The minimum atomic E-state index is 0.0968. The summed E-state index contributed by atoms with van der Waals surface area (Å²) in [5.41, 5.74) is 0. The van der Waals surface area contributed by atoms with Crippen molar-refractivity contribution < 1.29 is 4.79 Å². The Labute approximate surface area is 87.0 Å². The molecule has 0 rings (SSSR count). The minimum absolute atomic E-state index is 0.0968. The zero-order valence-electron chi connectivity index (χ0n) is 9.76. The predicted molar refractivity (Wildman–Crippen MR) is 59.3 cm³/mol. The summed E-state index contributed by atoms with van der Waals surface area (Å²) in [4.78, 5) is 13.2. The lowest BCUT2D eigenvalue weighted by atomic mass is 10.4. The van der Waals surface area contributed by atoms with Crippen LogP contribution in [0.3, 0.4) is 0 Å². The second kappa shape index (κ2) is 7.76. The molecule has 2 N–H and O–H groups in total. The van der Waals surface area contributed by atoms with E-state index in [-0.39, 0.29) is 5.91 Å². The summed E-state index contributed by atoms with van der Waals surface area (Å²) in [6, 6.07) is 0.507. The van der Waals surface area contributed by atoms with Crippen LogP contribution >= 0.6 is 0 Å². The molecule has 0 bridgehead atoms. The third-order valence-electron chi connectivity index (χ3n) is 1.83. The number of amides is 1. The lowest BCUT2D eigenvalue weighted by molar-refractivity contribution is -0.121. The van der Waals surface area contributed by atoms with Gasteiger partial charge >= 0.3 is 0 Å². The van der Waals surface area contributed by atoms with Gasteiger partial charge in [-0.15, -0.1) is 0 Å². The Kier molecular flexibility index (Phi) is 7.42. The van der Waals surface area contributed by atoms with E-state index < -0.39 is 0 Å². The molecule has 4 nitrogen and oxygen atoms in total. The fourth-order valence-electron chi connectivity index (χ4n) is 1.12. The largest absolute Gasteiger partial charge is 0.355 e. The molecule has 0 radical (unpaired) electrons. The number of hydrogen-bond acceptors (Lipinski definition) is 3. The molecule has 0 heterocycles. The van der Waals surface area contributed by atoms with Crippen LogP contribution in [-0.2, 0) is 4.79 Å². The fraction of sp³-hybridized carbons (Fsp3) is 0.900. The average Bonchev–Trinajstić information content (AvgIpc) is 2.03. The molecule has 0 aliphatic rings. The summed E-state index contributed by atoms with van der Waals surface area (Å²) < 4.78 is 0. The molecule has 0 spiro atoms. The van der Waals surface area contributed by atoms with Gasteiger partial charge in [-0.25, -0.2) is 0 Å². The smallest absolute Gasteiger partial charge is 0.234 e. The molecule has 1 amide bonds. The van der Waals surface area contributed by atoms with Gasteiger partial charge in [-0.05, 0) is 14.0 Å². The molecule has 0 aliphatic carbocycles. The Morgan fingerprint density at radius 2 is 2.07 bits per heavy atom. The van der Waals surface area contributed by atoms with Gasteiger partial charge in [-0.2, -0.15) is 0 Å². The van der Waals surface area contributed by atoms with Crippen LogP contribution in [0, 0.1) is 0 Å². The Bertz CT molecular complexity index is 159. The zero-order chi connectivity index (χ0) is 11.0. The number of likely N-dealkylation sites (N-methyl/N-ethyl adjacent to an activating group) is 2. The monoisotopic (exact) mass is 201 g/mol. The number of carbonyl (C=O) groups excluding carboxylic acids is 1. The van der Waals surface area contributed by atoms with Crippen molar-refractivity contribution in [3.63, 3.8) is 0 Å². The molecule has 0 aromatic rings. The molecule has 0 saturated heterocycles. The van der Waals surface area contributed by atoms with Gasteiger partial charge < -0.3 is 10.6 Å². The lowest BCUT2D eigenvalue weighted by Crippen LogP contribution is -2.39. The number of nitrogens with zero attached hydrogens (tertiary/aromatic N) is 1. The van der Waals surface area contributed by atoms with Gasteiger partial charge in [-0.3, -0.25) is 9.69 Å². The highest BCUT2D eigenvalue weighted by atomic mass is 16.1. The van der Waals surface area contributed by atoms with Crippen molar-refractivity contribution in [2.75, 3.05) is 33.2 Å². The molecule has 0 fully saturated rings. The van der Waals surface area contributed by atoms with E-state index in [1.54, 1.807) is 0 Å². The van der Waals surface area contributed by atoms with Crippen LogP contribution in [0.5, 0.6) is 0 Å². The highest BCUT2D eigenvalue weighted by Crippen LogP contribution is 1.82. The maximum atomic E-state index is 11.2. The highest BCUT2D eigenvalue weighted by molar-refractivity contribution is 5.77. The summed E-state index contributed by atoms with van der Waals surface area (Å²) in [7, 11) is 1.96. The SMILES string of the molecule is CCNC(=O)CN(C)CCNC(C)C. The first-order chi connectivity index (χ1) is 6.56. The van der Waals surface area contributed by atoms with Gasteiger partial charge in [0.25, 0.3) is 0 Å². The standard InChI is InChI=1S/C10H23N3O/c1-5-11-10(14)8-13(4)7-6-12-9(2)3/h9,12H,5-8H2,1-4H3,(H,11,14). The molecule has 0 aromatic carbocycles. The van der Waals surface area contributed by atoms with Crippen LogP contribution in [0.1, 0.15) is 20.8 Å². The summed E-state index contributed by atoms with van der Waals surface area (Å²) in [5.74, 6) is 0.0968. The van der Waals surface area contributed by atoms with E-state index in [4.69, 9.17) is 0 Å². The van der Waals surface area contributed by atoms with E-state index in [2.05, 4.69) is 24.5 Å². The quantitative estimate of drug-likeness (QED) is 0.612. The maximum Gasteiger partial charge on any atom is 0.234 e. The number of rotatable bonds is 7. The highest BCUT2D eigenvalue weighted by Gasteiger charge is 2.04.